The summed E-state index contributed by atoms with van der Waals surface area (Å²) in [7, 11) is -3.65. The van der Waals surface area contributed by atoms with Gasteiger partial charge in [-0.2, -0.15) is 0 Å². The first-order chi connectivity index (χ1) is 9.87. The number of rotatable bonds is 4. The van der Waals surface area contributed by atoms with E-state index in [2.05, 4.69) is 0 Å². The number of sulfonamides is 1. The molecule has 0 aliphatic carbocycles. The number of carbonyl (C=O) groups is 1. The van der Waals surface area contributed by atoms with Crippen molar-refractivity contribution < 1.29 is 13.2 Å². The van der Waals surface area contributed by atoms with Crippen LogP contribution in [0.4, 0.5) is 0 Å². The summed E-state index contributed by atoms with van der Waals surface area (Å²) in [4.78, 5) is 12.4. The van der Waals surface area contributed by atoms with Crippen LogP contribution in [0.5, 0.6) is 0 Å². The molecule has 0 heterocycles. The summed E-state index contributed by atoms with van der Waals surface area (Å²) in [6.45, 7) is 1.81. The lowest BCUT2D eigenvalue weighted by Gasteiger charge is -2.06. The third-order valence-electron chi connectivity index (χ3n) is 2.98. The zero-order valence-corrected chi connectivity index (χ0v) is 12.3. The van der Waals surface area contributed by atoms with Crippen molar-refractivity contribution in [2.75, 3.05) is 0 Å². The molecular weight excluding hydrogens is 286 g/mol. The smallest absolute Gasteiger partial charge is 0.231 e. The molecule has 2 aromatic rings. The molecule has 0 saturated heterocycles. The van der Waals surface area contributed by atoms with E-state index >= 15 is 0 Å². The zero-order valence-electron chi connectivity index (χ0n) is 11.5. The Morgan fingerprint density at radius 2 is 1.76 bits per heavy atom. The SMILES string of the molecule is Cc1cc(/C=C/S(N)(=O)=O)ccc1C(=O)c1ccccc1. The second kappa shape index (κ2) is 6.03. The first-order valence-electron chi connectivity index (χ1n) is 6.28. The van der Waals surface area contributed by atoms with Gasteiger partial charge in [0.15, 0.2) is 5.78 Å². The molecule has 0 bridgehead atoms. The van der Waals surface area contributed by atoms with E-state index in [1.165, 1.54) is 6.08 Å². The maximum absolute atomic E-state index is 12.4. The van der Waals surface area contributed by atoms with Gasteiger partial charge in [-0.05, 0) is 24.1 Å². The minimum atomic E-state index is -3.65. The molecule has 2 rings (SSSR count). The Kier molecular flexibility index (Phi) is 4.35. The molecule has 2 N–H and O–H groups in total. The van der Waals surface area contributed by atoms with Crippen molar-refractivity contribution >= 4 is 21.9 Å². The van der Waals surface area contributed by atoms with Gasteiger partial charge in [-0.25, -0.2) is 13.6 Å². The molecule has 4 nitrogen and oxygen atoms in total. The van der Waals surface area contributed by atoms with Crippen LogP contribution in [-0.2, 0) is 10.0 Å². The fraction of sp³-hybridized carbons (Fsp3) is 0.0625. The lowest BCUT2D eigenvalue weighted by Crippen LogP contribution is -2.07. The third kappa shape index (κ3) is 4.11. The Labute approximate surface area is 124 Å². The zero-order chi connectivity index (χ0) is 15.5. The quantitative estimate of drug-likeness (QED) is 0.881. The topological polar surface area (TPSA) is 77.2 Å². The normalized spacial score (nSPS) is 11.7. The molecule has 0 radical (unpaired) electrons. The van der Waals surface area contributed by atoms with Crippen LogP contribution in [0.25, 0.3) is 6.08 Å². The lowest BCUT2D eigenvalue weighted by molar-refractivity contribution is 0.103. The van der Waals surface area contributed by atoms with E-state index < -0.39 is 10.0 Å². The van der Waals surface area contributed by atoms with Gasteiger partial charge in [-0.1, -0.05) is 48.5 Å². The molecule has 2 aromatic carbocycles. The maximum Gasteiger partial charge on any atom is 0.231 e. The van der Waals surface area contributed by atoms with Gasteiger partial charge in [0.05, 0.1) is 0 Å². The highest BCUT2D eigenvalue weighted by atomic mass is 32.2. The highest BCUT2D eigenvalue weighted by Gasteiger charge is 2.11. The predicted octanol–water partition coefficient (Wildman–Crippen LogP) is 2.49. The van der Waals surface area contributed by atoms with Gasteiger partial charge in [-0.3, -0.25) is 4.79 Å². The Hall–Kier alpha value is -2.24. The second-order valence-electron chi connectivity index (χ2n) is 4.66. The largest absolute Gasteiger partial charge is 0.289 e. The standard InChI is InChI=1S/C16H15NO3S/c1-12-11-13(9-10-21(17,19)20)7-8-15(12)16(18)14-5-3-2-4-6-14/h2-11H,1H3,(H2,17,19,20)/b10-9+. The van der Waals surface area contributed by atoms with E-state index in [0.717, 1.165) is 11.0 Å². The molecule has 0 saturated carbocycles. The van der Waals surface area contributed by atoms with Gasteiger partial charge in [-0.15, -0.1) is 0 Å². The summed E-state index contributed by atoms with van der Waals surface area (Å²) in [6.07, 6.45) is 1.40. The Bertz CT molecular complexity index is 794. The third-order valence-corrected chi connectivity index (χ3v) is 3.50. The minimum absolute atomic E-state index is 0.0601. The molecule has 108 valence electrons. The number of hydrogen-bond acceptors (Lipinski definition) is 3. The summed E-state index contributed by atoms with van der Waals surface area (Å²) in [5.41, 5.74) is 2.66. The molecule has 0 amide bonds. The first kappa shape index (κ1) is 15.2. The van der Waals surface area contributed by atoms with Crippen molar-refractivity contribution in [1.82, 2.24) is 0 Å². The van der Waals surface area contributed by atoms with E-state index in [-0.39, 0.29) is 5.78 Å². The number of benzene rings is 2. The van der Waals surface area contributed by atoms with Crippen LogP contribution in [0, 0.1) is 6.92 Å². The summed E-state index contributed by atoms with van der Waals surface area (Å²) in [5.74, 6) is -0.0601. The van der Waals surface area contributed by atoms with Crippen LogP contribution in [0.2, 0.25) is 0 Å². The highest BCUT2D eigenvalue weighted by molar-refractivity contribution is 7.92. The van der Waals surface area contributed by atoms with Crippen LogP contribution in [0.15, 0.2) is 53.9 Å². The van der Waals surface area contributed by atoms with Crippen LogP contribution < -0.4 is 5.14 Å². The number of nitrogens with two attached hydrogens (primary N) is 1. The van der Waals surface area contributed by atoms with Gasteiger partial charge in [0, 0.05) is 16.5 Å². The first-order valence-corrected chi connectivity index (χ1v) is 7.89. The predicted molar refractivity (Wildman–Crippen MR) is 83.2 cm³/mol. The monoisotopic (exact) mass is 301 g/mol. The average Bonchev–Trinajstić information content (AvgIpc) is 2.45. The lowest BCUT2D eigenvalue weighted by atomic mass is 9.97. The number of primary sulfonamides is 1. The van der Waals surface area contributed by atoms with Gasteiger partial charge in [0.1, 0.15) is 0 Å². The van der Waals surface area contributed by atoms with Crippen molar-refractivity contribution in [3.05, 3.63) is 76.2 Å². The molecule has 0 spiro atoms. The van der Waals surface area contributed by atoms with Crippen LogP contribution in [-0.4, -0.2) is 14.2 Å². The summed E-state index contributed by atoms with van der Waals surface area (Å²) in [6, 6.07) is 14.1. The molecule has 0 fully saturated rings. The van der Waals surface area contributed by atoms with E-state index in [1.807, 2.05) is 25.1 Å². The molecule has 21 heavy (non-hydrogen) atoms. The Morgan fingerprint density at radius 3 is 2.33 bits per heavy atom. The van der Waals surface area contributed by atoms with Crippen molar-refractivity contribution in [1.29, 1.82) is 0 Å². The van der Waals surface area contributed by atoms with E-state index in [4.69, 9.17) is 5.14 Å². The minimum Gasteiger partial charge on any atom is -0.289 e. The Morgan fingerprint density at radius 1 is 1.10 bits per heavy atom. The molecule has 0 aliphatic heterocycles. The number of carbonyl (C=O) groups excluding carboxylic acids is 1. The number of aryl methyl sites for hydroxylation is 1. The highest BCUT2D eigenvalue weighted by Crippen LogP contribution is 2.17. The van der Waals surface area contributed by atoms with Crippen molar-refractivity contribution in [3.8, 4) is 0 Å². The summed E-state index contributed by atoms with van der Waals surface area (Å²) >= 11 is 0. The molecule has 0 aromatic heterocycles. The number of ketones is 1. The molecular formula is C16H15NO3S. The maximum atomic E-state index is 12.4. The van der Waals surface area contributed by atoms with Crippen molar-refractivity contribution in [2.45, 2.75) is 6.92 Å². The van der Waals surface area contributed by atoms with E-state index in [9.17, 15) is 13.2 Å². The molecule has 0 unspecified atom stereocenters. The molecule has 0 aliphatic rings. The van der Waals surface area contributed by atoms with Gasteiger partial charge in [0.2, 0.25) is 10.0 Å². The average molecular weight is 301 g/mol. The van der Waals surface area contributed by atoms with E-state index in [1.54, 1.807) is 30.3 Å². The van der Waals surface area contributed by atoms with E-state index in [0.29, 0.717) is 16.7 Å². The molecule has 0 atom stereocenters. The summed E-state index contributed by atoms with van der Waals surface area (Å²) in [5, 5.41) is 5.84. The van der Waals surface area contributed by atoms with Gasteiger partial charge >= 0.3 is 0 Å². The molecule has 5 heteroatoms. The Balaban J connectivity index is 2.32. The number of hydrogen-bond donors (Lipinski definition) is 1. The second-order valence-corrected chi connectivity index (χ2v) is 6.11. The fourth-order valence-corrected chi connectivity index (χ4v) is 2.31. The summed E-state index contributed by atoms with van der Waals surface area (Å²) < 4.78 is 21.8. The van der Waals surface area contributed by atoms with Gasteiger partial charge in [0.25, 0.3) is 0 Å². The van der Waals surface area contributed by atoms with Gasteiger partial charge < -0.3 is 0 Å². The fourth-order valence-electron chi connectivity index (χ4n) is 1.96. The van der Waals surface area contributed by atoms with Crippen LogP contribution in [0.1, 0.15) is 27.0 Å². The van der Waals surface area contributed by atoms with Crippen molar-refractivity contribution in [3.63, 3.8) is 0 Å². The van der Waals surface area contributed by atoms with Crippen LogP contribution in [0.3, 0.4) is 0 Å². The van der Waals surface area contributed by atoms with Crippen LogP contribution >= 0.6 is 0 Å². The van der Waals surface area contributed by atoms with Crippen molar-refractivity contribution in [2.24, 2.45) is 5.14 Å².